The zero-order valence-corrected chi connectivity index (χ0v) is 13.4. The number of halogens is 1. The Bertz CT molecular complexity index is 498. The van der Waals surface area contributed by atoms with Crippen LogP contribution in [0.5, 0.6) is 0 Å². The molecule has 2 atom stereocenters. The fourth-order valence-electron chi connectivity index (χ4n) is 2.60. The van der Waals surface area contributed by atoms with Crippen LogP contribution in [0.15, 0.2) is 15.5 Å². The second-order valence-corrected chi connectivity index (χ2v) is 6.71. The first kappa shape index (κ1) is 14.6. The van der Waals surface area contributed by atoms with Gasteiger partial charge < -0.3 is 5.32 Å². The van der Waals surface area contributed by atoms with E-state index in [1.165, 1.54) is 23.9 Å². The molecular formula is C14H22BrN3O. The van der Waals surface area contributed by atoms with Crippen LogP contribution in [0.3, 0.4) is 0 Å². The van der Waals surface area contributed by atoms with E-state index in [-0.39, 0.29) is 5.56 Å². The molecule has 1 heterocycles. The topological polar surface area (TPSA) is 46.9 Å². The molecule has 1 aliphatic carbocycles. The Morgan fingerprint density at radius 1 is 1.53 bits per heavy atom. The van der Waals surface area contributed by atoms with Gasteiger partial charge in [-0.15, -0.1) is 0 Å². The normalized spacial score (nSPS) is 23.0. The maximum Gasteiger partial charge on any atom is 0.283 e. The van der Waals surface area contributed by atoms with Crippen molar-refractivity contribution in [1.82, 2.24) is 9.78 Å². The lowest BCUT2D eigenvalue weighted by molar-refractivity contribution is 0.462. The molecule has 0 bridgehead atoms. The third-order valence-electron chi connectivity index (χ3n) is 3.73. The minimum Gasteiger partial charge on any atom is -0.380 e. The van der Waals surface area contributed by atoms with Crippen molar-refractivity contribution in [2.45, 2.75) is 52.6 Å². The van der Waals surface area contributed by atoms with Gasteiger partial charge >= 0.3 is 0 Å². The van der Waals surface area contributed by atoms with Gasteiger partial charge in [0.05, 0.1) is 11.9 Å². The van der Waals surface area contributed by atoms with Crippen LogP contribution < -0.4 is 10.9 Å². The summed E-state index contributed by atoms with van der Waals surface area (Å²) in [5, 5.41) is 7.72. The van der Waals surface area contributed by atoms with Crippen molar-refractivity contribution in [2.75, 3.05) is 5.32 Å². The molecule has 106 valence electrons. The maximum atomic E-state index is 12.2. The molecule has 1 saturated carbocycles. The van der Waals surface area contributed by atoms with E-state index in [0.717, 1.165) is 5.69 Å². The summed E-state index contributed by atoms with van der Waals surface area (Å²) in [6.45, 7) is 7.06. The highest BCUT2D eigenvalue weighted by Crippen LogP contribution is 2.29. The summed E-state index contributed by atoms with van der Waals surface area (Å²) < 4.78 is 2.13. The summed E-state index contributed by atoms with van der Waals surface area (Å²) in [4.78, 5) is 12.2. The first-order valence-electron chi connectivity index (χ1n) is 7.01. The summed E-state index contributed by atoms with van der Waals surface area (Å²) in [5.74, 6) is 1.07. The van der Waals surface area contributed by atoms with Gasteiger partial charge in [0.2, 0.25) is 0 Å². The van der Waals surface area contributed by atoms with Crippen molar-refractivity contribution in [3.05, 3.63) is 21.0 Å². The molecule has 0 amide bonds. The molecule has 4 nitrogen and oxygen atoms in total. The van der Waals surface area contributed by atoms with E-state index in [4.69, 9.17) is 0 Å². The molecule has 0 saturated heterocycles. The van der Waals surface area contributed by atoms with E-state index in [0.29, 0.717) is 28.9 Å². The van der Waals surface area contributed by atoms with Crippen LogP contribution >= 0.6 is 15.9 Å². The molecule has 1 fully saturated rings. The van der Waals surface area contributed by atoms with Gasteiger partial charge in [0.1, 0.15) is 4.47 Å². The van der Waals surface area contributed by atoms with Crippen molar-refractivity contribution in [3.63, 3.8) is 0 Å². The van der Waals surface area contributed by atoms with Crippen LogP contribution in [-0.4, -0.2) is 15.8 Å². The Morgan fingerprint density at radius 3 is 2.84 bits per heavy atom. The Hall–Kier alpha value is -0.840. The molecule has 0 aliphatic heterocycles. The highest BCUT2D eigenvalue weighted by Gasteiger charge is 2.24. The van der Waals surface area contributed by atoms with Crippen LogP contribution in [0.4, 0.5) is 5.69 Å². The fourth-order valence-corrected chi connectivity index (χ4v) is 3.02. The number of hydrogen-bond acceptors (Lipinski definition) is 3. The molecule has 0 radical (unpaired) electrons. The molecule has 1 aromatic rings. The largest absolute Gasteiger partial charge is 0.380 e. The molecule has 5 heteroatoms. The van der Waals surface area contributed by atoms with Crippen LogP contribution in [0.25, 0.3) is 0 Å². The predicted molar refractivity (Wildman–Crippen MR) is 81.5 cm³/mol. The van der Waals surface area contributed by atoms with Gasteiger partial charge in [-0.25, -0.2) is 4.68 Å². The van der Waals surface area contributed by atoms with E-state index in [1.54, 1.807) is 6.20 Å². The lowest BCUT2D eigenvalue weighted by atomic mass is 10.1. The lowest BCUT2D eigenvalue weighted by Crippen LogP contribution is -2.29. The average Bonchev–Trinajstić information content (AvgIpc) is 2.74. The van der Waals surface area contributed by atoms with E-state index >= 15 is 0 Å². The highest BCUT2D eigenvalue weighted by molar-refractivity contribution is 9.10. The first-order chi connectivity index (χ1) is 8.99. The van der Waals surface area contributed by atoms with E-state index in [2.05, 4.69) is 47.1 Å². The third kappa shape index (κ3) is 3.38. The summed E-state index contributed by atoms with van der Waals surface area (Å²) in [7, 11) is 0. The molecule has 0 aromatic carbocycles. The van der Waals surface area contributed by atoms with Crippen molar-refractivity contribution < 1.29 is 0 Å². The zero-order chi connectivity index (χ0) is 14.0. The van der Waals surface area contributed by atoms with Gasteiger partial charge in [-0.05, 0) is 40.6 Å². The molecule has 1 aliphatic rings. The summed E-state index contributed by atoms with van der Waals surface area (Å²) >= 11 is 3.41. The molecule has 2 rings (SSSR count). The van der Waals surface area contributed by atoms with Gasteiger partial charge in [0.25, 0.3) is 5.56 Å². The van der Waals surface area contributed by atoms with Crippen molar-refractivity contribution in [2.24, 2.45) is 11.8 Å². The van der Waals surface area contributed by atoms with Gasteiger partial charge in [0.15, 0.2) is 0 Å². The molecule has 19 heavy (non-hydrogen) atoms. The molecule has 0 spiro atoms. The first-order valence-corrected chi connectivity index (χ1v) is 7.80. The van der Waals surface area contributed by atoms with E-state index in [1.807, 2.05) is 0 Å². The smallest absolute Gasteiger partial charge is 0.283 e. The fraction of sp³-hybridized carbons (Fsp3) is 0.714. The van der Waals surface area contributed by atoms with Gasteiger partial charge in [-0.1, -0.05) is 27.2 Å². The highest BCUT2D eigenvalue weighted by atomic mass is 79.9. The van der Waals surface area contributed by atoms with Crippen molar-refractivity contribution in [3.8, 4) is 0 Å². The Balaban J connectivity index is 2.18. The monoisotopic (exact) mass is 327 g/mol. The van der Waals surface area contributed by atoms with E-state index < -0.39 is 0 Å². The van der Waals surface area contributed by atoms with E-state index in [9.17, 15) is 4.79 Å². The maximum absolute atomic E-state index is 12.2. The molecule has 2 unspecified atom stereocenters. The molecular weight excluding hydrogens is 306 g/mol. The Labute approximate surface area is 122 Å². The second kappa shape index (κ2) is 6.07. The van der Waals surface area contributed by atoms with Crippen molar-refractivity contribution in [1.29, 1.82) is 0 Å². The zero-order valence-electron chi connectivity index (χ0n) is 11.8. The van der Waals surface area contributed by atoms with Crippen LogP contribution in [-0.2, 0) is 6.54 Å². The van der Waals surface area contributed by atoms with Crippen LogP contribution in [0, 0.1) is 11.8 Å². The number of nitrogens with one attached hydrogen (secondary N) is 1. The van der Waals surface area contributed by atoms with Crippen molar-refractivity contribution >= 4 is 21.6 Å². The van der Waals surface area contributed by atoms with Gasteiger partial charge in [-0.3, -0.25) is 4.79 Å². The molecule has 1 N–H and O–H groups in total. The summed E-state index contributed by atoms with van der Waals surface area (Å²) in [5.41, 5.74) is 0.771. The number of rotatable bonds is 4. The van der Waals surface area contributed by atoms with Crippen LogP contribution in [0.2, 0.25) is 0 Å². The Morgan fingerprint density at radius 2 is 2.26 bits per heavy atom. The minimum absolute atomic E-state index is 0.0515. The lowest BCUT2D eigenvalue weighted by Gasteiger charge is -2.19. The SMILES string of the molecule is CC(C)Cn1ncc(NC2CCCC2C)c(Br)c1=O. The third-order valence-corrected chi connectivity index (χ3v) is 4.49. The average molecular weight is 328 g/mol. The summed E-state index contributed by atoms with van der Waals surface area (Å²) in [6.07, 6.45) is 5.45. The summed E-state index contributed by atoms with van der Waals surface area (Å²) in [6, 6.07) is 0.457. The number of nitrogens with zero attached hydrogens (tertiary/aromatic N) is 2. The standard InChI is InChI=1S/C14H22BrN3O/c1-9(2)8-18-14(19)13(15)12(7-16-18)17-11-6-4-5-10(11)3/h7,9-11,17H,4-6,8H2,1-3H3. The quantitative estimate of drug-likeness (QED) is 0.923. The van der Waals surface area contributed by atoms with Gasteiger partial charge in [0, 0.05) is 12.6 Å². The van der Waals surface area contributed by atoms with Gasteiger partial charge in [-0.2, -0.15) is 5.10 Å². The Kier molecular flexibility index (Phi) is 4.66. The van der Waals surface area contributed by atoms with Crippen LogP contribution in [0.1, 0.15) is 40.0 Å². The minimum atomic E-state index is -0.0515. The second-order valence-electron chi connectivity index (χ2n) is 5.91. The number of anilines is 1. The molecule has 1 aromatic heterocycles. The number of hydrogen-bond donors (Lipinski definition) is 1. The number of aromatic nitrogens is 2. The predicted octanol–water partition coefficient (Wildman–Crippen LogP) is 3.26.